The molecule has 68 valence electrons. The zero-order valence-corrected chi connectivity index (χ0v) is 7.72. The number of carbonyl (C=O) groups is 3. The average Bonchev–Trinajstić information content (AvgIpc) is 1.63. The van der Waals surface area contributed by atoms with Gasteiger partial charge in [0.2, 0.25) is 0 Å². The second-order valence-corrected chi connectivity index (χ2v) is 0.825. The van der Waals surface area contributed by atoms with Gasteiger partial charge in [0.15, 0.2) is 0 Å². The molecular weight excluding hydrogens is 236 g/mol. The molecule has 0 aromatic carbocycles. The van der Waals surface area contributed by atoms with Crippen LogP contribution < -0.4 is 20.4 Å². The molecule has 0 heterocycles. The molecule has 0 aliphatic heterocycles. The molecule has 0 fully saturated rings. The second kappa shape index (κ2) is 13.1. The summed E-state index contributed by atoms with van der Waals surface area (Å²) in [5.74, 6) is -4.37. The zero-order valence-electron chi connectivity index (χ0n) is 5.37. The third-order valence-electron chi connectivity index (χ3n) is 0.167. The van der Waals surface area contributed by atoms with Gasteiger partial charge in [-0.1, -0.05) is 0 Å². The van der Waals surface area contributed by atoms with Crippen molar-refractivity contribution < 1.29 is 51.9 Å². The summed E-state index contributed by atoms with van der Waals surface area (Å²) in [5.41, 5.74) is 0. The molecule has 0 rings (SSSR count). The molecule has 0 aromatic heterocycles. The van der Waals surface area contributed by atoms with Gasteiger partial charge in [-0.3, -0.25) is 0 Å². The fraction of sp³-hybridized carbons (Fsp3) is 0. The Morgan fingerprint density at radius 1 is 0.750 bits per heavy atom. The van der Waals surface area contributed by atoms with E-state index in [0.717, 1.165) is 0 Å². The second-order valence-electron chi connectivity index (χ2n) is 0.825. The van der Waals surface area contributed by atoms with Crippen LogP contribution in [0.4, 0.5) is 4.79 Å². The average molecular weight is 236 g/mol. The number of carboxylic acid groups (broad SMARTS) is 4. The van der Waals surface area contributed by atoms with Gasteiger partial charge in [0, 0.05) is 0 Å². The normalized spacial score (nSPS) is 5.67. The van der Waals surface area contributed by atoms with Gasteiger partial charge >= 0.3 is 40.1 Å². The molecule has 0 bridgehead atoms. The van der Waals surface area contributed by atoms with E-state index in [9.17, 15) is 0 Å². The first kappa shape index (κ1) is 22.5. The molecule has 0 aliphatic rings. The Kier molecular flexibility index (Phi) is 24.6. The van der Waals surface area contributed by atoms with E-state index < -0.39 is 18.1 Å². The number of hydrogen-bond donors (Lipinski definition) is 0. The molecule has 0 unspecified atom stereocenters. The molecule has 0 aromatic rings. The van der Waals surface area contributed by atoms with Gasteiger partial charge in [-0.25, -0.2) is 0 Å². The van der Waals surface area contributed by atoms with Crippen LogP contribution >= 0.6 is 0 Å². The minimum absolute atomic E-state index is 0. The van der Waals surface area contributed by atoms with Crippen LogP contribution in [0.25, 0.3) is 0 Å². The number of hydrogen-bond acceptors (Lipinski definition) is 7. The Hall–Kier alpha value is -0.504. The Balaban J connectivity index is -0.0000000483. The standard InChI is InChI=1S/C2H2O4.CH2O3.Cu.Mg/c3-1(4)2(5)6;2-1(3)4;;/h(H,3,4)(H,5,6);(H2,2,3,4);;/q;;+1;+2/p-4. The fourth-order valence-corrected chi connectivity index (χ4v) is 0. The van der Waals surface area contributed by atoms with Gasteiger partial charge in [0.05, 0.1) is 11.9 Å². The predicted molar refractivity (Wildman–Crippen MR) is 21.2 cm³/mol. The van der Waals surface area contributed by atoms with E-state index >= 15 is 0 Å². The minimum atomic E-state index is -2.33. The molecule has 0 saturated heterocycles. The van der Waals surface area contributed by atoms with Gasteiger partial charge in [-0.05, 0) is 6.16 Å². The van der Waals surface area contributed by atoms with Crippen molar-refractivity contribution in [3.05, 3.63) is 0 Å². The fourth-order valence-electron chi connectivity index (χ4n) is 0. The zero-order chi connectivity index (χ0) is 8.73. The van der Waals surface area contributed by atoms with Crippen LogP contribution in [0, 0.1) is 0 Å². The third-order valence-corrected chi connectivity index (χ3v) is 0.167. The van der Waals surface area contributed by atoms with Crippen LogP contribution in [0.1, 0.15) is 0 Å². The first-order valence-corrected chi connectivity index (χ1v) is 1.68. The van der Waals surface area contributed by atoms with Gasteiger partial charge in [0.25, 0.3) is 0 Å². The SMILES string of the molecule is O=C([O-])C(=O)[O-].O=C([O-])[O-].[Cu+].[Mg+2]. The van der Waals surface area contributed by atoms with Crippen LogP contribution in [-0.4, -0.2) is 41.1 Å². The van der Waals surface area contributed by atoms with Crippen molar-refractivity contribution in [2.24, 2.45) is 0 Å². The van der Waals surface area contributed by atoms with Crippen molar-refractivity contribution in [1.82, 2.24) is 0 Å². The number of carboxylic acids is 2. The summed E-state index contributed by atoms with van der Waals surface area (Å²) >= 11 is 0. The van der Waals surface area contributed by atoms with E-state index in [2.05, 4.69) is 0 Å². The topological polar surface area (TPSA) is 143 Å². The summed E-state index contributed by atoms with van der Waals surface area (Å²) in [4.78, 5) is 26.2. The van der Waals surface area contributed by atoms with Gasteiger partial charge < -0.3 is 34.8 Å². The summed E-state index contributed by atoms with van der Waals surface area (Å²) in [6.07, 6.45) is -2.33. The quantitative estimate of drug-likeness (QED) is 0.300. The Bertz CT molecular complexity index is 141. The number of aliphatic carboxylic acids is 2. The third kappa shape index (κ3) is 56.1. The molecule has 7 nitrogen and oxygen atoms in total. The van der Waals surface area contributed by atoms with Crippen molar-refractivity contribution in [3.8, 4) is 0 Å². The molecule has 0 N–H and O–H groups in total. The Labute approximate surface area is 93.0 Å². The smallest absolute Gasteiger partial charge is 0.652 e. The van der Waals surface area contributed by atoms with Crippen LogP contribution in [0.15, 0.2) is 0 Å². The van der Waals surface area contributed by atoms with Gasteiger partial charge in [-0.2, -0.15) is 0 Å². The van der Waals surface area contributed by atoms with E-state index in [0.29, 0.717) is 0 Å². The first-order chi connectivity index (χ1) is 4.37. The minimum Gasteiger partial charge on any atom is -0.652 e. The van der Waals surface area contributed by atoms with Crippen LogP contribution in [0.5, 0.6) is 0 Å². The predicted octanol–water partition coefficient (Wildman–Crippen LogP) is -6.34. The van der Waals surface area contributed by atoms with E-state index in [1.165, 1.54) is 0 Å². The van der Waals surface area contributed by atoms with Crippen LogP contribution in [-0.2, 0) is 26.7 Å². The van der Waals surface area contributed by atoms with Crippen molar-refractivity contribution in [3.63, 3.8) is 0 Å². The van der Waals surface area contributed by atoms with Crippen molar-refractivity contribution in [1.29, 1.82) is 0 Å². The summed E-state index contributed by atoms with van der Waals surface area (Å²) in [5, 5.41) is 34.5. The molecular formula is C3CuMgO7-. The maximum atomic E-state index is 8.93. The molecule has 0 radical (unpaired) electrons. The molecule has 0 atom stereocenters. The Morgan fingerprint density at radius 2 is 0.833 bits per heavy atom. The molecule has 0 spiro atoms. The van der Waals surface area contributed by atoms with E-state index in [1.54, 1.807) is 0 Å². The largest absolute Gasteiger partial charge is 2.00 e. The van der Waals surface area contributed by atoms with Gasteiger partial charge in [-0.15, -0.1) is 0 Å². The summed E-state index contributed by atoms with van der Waals surface area (Å²) in [6, 6.07) is 0. The summed E-state index contributed by atoms with van der Waals surface area (Å²) in [6.45, 7) is 0. The first-order valence-electron chi connectivity index (χ1n) is 1.68. The molecule has 9 heteroatoms. The summed E-state index contributed by atoms with van der Waals surface area (Å²) in [7, 11) is 0. The van der Waals surface area contributed by atoms with E-state index in [1.807, 2.05) is 0 Å². The van der Waals surface area contributed by atoms with Crippen LogP contribution in [0.3, 0.4) is 0 Å². The van der Waals surface area contributed by atoms with Crippen molar-refractivity contribution >= 4 is 41.1 Å². The van der Waals surface area contributed by atoms with E-state index in [-0.39, 0.29) is 40.1 Å². The maximum absolute atomic E-state index is 8.93. The summed E-state index contributed by atoms with van der Waals surface area (Å²) < 4.78 is 0. The molecule has 0 saturated carbocycles. The van der Waals surface area contributed by atoms with Crippen molar-refractivity contribution in [2.45, 2.75) is 0 Å². The number of carbonyl (C=O) groups excluding carboxylic acids is 3. The van der Waals surface area contributed by atoms with E-state index in [4.69, 9.17) is 34.8 Å². The van der Waals surface area contributed by atoms with Crippen LogP contribution in [0.2, 0.25) is 0 Å². The molecule has 0 aliphatic carbocycles. The van der Waals surface area contributed by atoms with Gasteiger partial charge in [0.1, 0.15) is 0 Å². The van der Waals surface area contributed by atoms with Crippen molar-refractivity contribution in [2.75, 3.05) is 0 Å². The molecule has 0 amide bonds. The monoisotopic (exact) mass is 235 g/mol. The molecule has 12 heavy (non-hydrogen) atoms. The number of rotatable bonds is 0. The maximum Gasteiger partial charge on any atom is 2.00 e. The Morgan fingerprint density at radius 3 is 0.833 bits per heavy atom.